The van der Waals surface area contributed by atoms with E-state index in [2.05, 4.69) is 20.6 Å². The van der Waals surface area contributed by atoms with Crippen molar-refractivity contribution in [2.24, 2.45) is 11.8 Å². The predicted octanol–water partition coefficient (Wildman–Crippen LogP) is 4.14. The van der Waals surface area contributed by atoms with Crippen molar-refractivity contribution in [3.05, 3.63) is 29.6 Å². The second kappa shape index (κ2) is 12.7. The molecule has 3 amide bonds. The number of rotatable bonds is 11. The van der Waals surface area contributed by atoms with Gasteiger partial charge in [-0.3, -0.25) is 19.6 Å². The Morgan fingerprint density at radius 1 is 1.17 bits per heavy atom. The minimum absolute atomic E-state index is 0.0343. The first kappa shape index (κ1) is 26.7. The van der Waals surface area contributed by atoms with Crippen LogP contribution in [0.4, 0.5) is 0 Å². The van der Waals surface area contributed by atoms with E-state index in [1.54, 1.807) is 17.6 Å². The van der Waals surface area contributed by atoms with Crippen LogP contribution in [0.5, 0.6) is 0 Å². The lowest BCUT2D eigenvalue weighted by Gasteiger charge is -2.24. The number of benzene rings is 1. The van der Waals surface area contributed by atoms with Gasteiger partial charge in [-0.25, -0.2) is 10.5 Å². The van der Waals surface area contributed by atoms with Crippen molar-refractivity contribution < 1.29 is 19.6 Å². The zero-order valence-electron chi connectivity index (χ0n) is 21.0. The van der Waals surface area contributed by atoms with E-state index in [0.29, 0.717) is 17.8 Å². The molecule has 192 valence electrons. The number of aromatic amines is 1. The molecule has 2 atom stereocenters. The van der Waals surface area contributed by atoms with Crippen LogP contribution in [0.3, 0.4) is 0 Å². The average Bonchev–Trinajstić information content (AvgIpc) is 3.28. The number of imidazole rings is 1. The molecule has 2 aromatic rings. The summed E-state index contributed by atoms with van der Waals surface area (Å²) in [7, 11) is 0. The van der Waals surface area contributed by atoms with E-state index in [9.17, 15) is 14.4 Å². The summed E-state index contributed by atoms with van der Waals surface area (Å²) in [5, 5.41) is 15.1. The molecule has 1 aliphatic carbocycles. The van der Waals surface area contributed by atoms with Gasteiger partial charge in [0.1, 0.15) is 5.82 Å². The van der Waals surface area contributed by atoms with E-state index >= 15 is 0 Å². The fourth-order valence-electron chi connectivity index (χ4n) is 4.70. The molecule has 1 aromatic carbocycles. The highest BCUT2D eigenvalue weighted by Crippen LogP contribution is 2.25. The SMILES string of the molecule is CCCC[C@H](CC(=O)NO)C(=O)N[C@H](c1nc2ccc(C(=O)NC3CCCCC3)cc2[nH]1)C(C)C. The molecular weight excluding hydrogens is 446 g/mol. The molecule has 3 rings (SSSR count). The van der Waals surface area contributed by atoms with Gasteiger partial charge in [-0.05, 0) is 43.4 Å². The van der Waals surface area contributed by atoms with Crippen molar-refractivity contribution in [3.63, 3.8) is 0 Å². The van der Waals surface area contributed by atoms with Crippen molar-refractivity contribution in [2.45, 2.75) is 90.6 Å². The standard InChI is InChI=1S/C26H39N5O4/c1-4-5-9-17(15-22(32)31-35)26(34)30-23(16(2)3)24-28-20-13-12-18(14-21(20)29-24)25(33)27-19-10-7-6-8-11-19/h12-14,16-17,19,23,35H,4-11,15H2,1-3H3,(H,27,33)(H,28,29)(H,30,34)(H,31,32)/t17-,23+/m1/s1. The summed E-state index contributed by atoms with van der Waals surface area (Å²) in [4.78, 5) is 45.5. The summed E-state index contributed by atoms with van der Waals surface area (Å²) in [6, 6.07) is 5.25. The van der Waals surface area contributed by atoms with Crippen molar-refractivity contribution >= 4 is 28.8 Å². The summed E-state index contributed by atoms with van der Waals surface area (Å²) in [5.74, 6) is -0.799. The summed E-state index contributed by atoms with van der Waals surface area (Å²) in [5.41, 5.74) is 3.66. The van der Waals surface area contributed by atoms with Crippen LogP contribution in [0.2, 0.25) is 0 Å². The molecule has 1 aliphatic rings. The van der Waals surface area contributed by atoms with Crippen molar-refractivity contribution in [2.75, 3.05) is 0 Å². The van der Waals surface area contributed by atoms with Gasteiger partial charge in [0, 0.05) is 23.9 Å². The monoisotopic (exact) mass is 485 g/mol. The highest BCUT2D eigenvalue weighted by molar-refractivity contribution is 5.97. The molecule has 5 N–H and O–H groups in total. The Kier molecular flexibility index (Phi) is 9.65. The Bertz CT molecular complexity index is 1010. The number of amides is 3. The van der Waals surface area contributed by atoms with E-state index < -0.39 is 17.9 Å². The third-order valence-corrected chi connectivity index (χ3v) is 6.80. The van der Waals surface area contributed by atoms with Crippen molar-refractivity contribution in [3.8, 4) is 0 Å². The van der Waals surface area contributed by atoms with E-state index in [-0.39, 0.29) is 30.2 Å². The predicted molar refractivity (Wildman–Crippen MR) is 134 cm³/mol. The quantitative estimate of drug-likeness (QED) is 0.241. The zero-order valence-corrected chi connectivity index (χ0v) is 21.0. The smallest absolute Gasteiger partial charge is 0.251 e. The first-order valence-corrected chi connectivity index (χ1v) is 12.9. The van der Waals surface area contributed by atoms with Crippen LogP contribution in [0.15, 0.2) is 18.2 Å². The van der Waals surface area contributed by atoms with E-state index in [0.717, 1.165) is 49.6 Å². The number of hydroxylamine groups is 1. The van der Waals surface area contributed by atoms with Crippen LogP contribution >= 0.6 is 0 Å². The maximum Gasteiger partial charge on any atom is 0.251 e. The lowest BCUT2D eigenvalue weighted by Crippen LogP contribution is -2.38. The topological polar surface area (TPSA) is 136 Å². The second-order valence-corrected chi connectivity index (χ2v) is 9.97. The number of carbonyl (C=O) groups excluding carboxylic acids is 3. The van der Waals surface area contributed by atoms with E-state index in [1.807, 2.05) is 26.8 Å². The number of aromatic nitrogens is 2. The number of nitrogens with zero attached hydrogens (tertiary/aromatic N) is 1. The van der Waals surface area contributed by atoms with E-state index in [1.165, 1.54) is 6.42 Å². The molecule has 9 heteroatoms. The summed E-state index contributed by atoms with van der Waals surface area (Å²) >= 11 is 0. The largest absolute Gasteiger partial charge is 0.349 e. The maximum absolute atomic E-state index is 13.1. The number of hydrogen-bond acceptors (Lipinski definition) is 5. The zero-order chi connectivity index (χ0) is 25.4. The average molecular weight is 486 g/mol. The van der Waals surface area contributed by atoms with E-state index in [4.69, 9.17) is 5.21 Å². The van der Waals surface area contributed by atoms with Gasteiger partial charge in [0.25, 0.3) is 5.91 Å². The normalized spacial score (nSPS) is 16.1. The molecular formula is C26H39N5O4. The molecule has 9 nitrogen and oxygen atoms in total. The molecule has 0 unspecified atom stereocenters. The maximum atomic E-state index is 13.1. The number of nitrogens with one attached hydrogen (secondary N) is 4. The van der Waals surface area contributed by atoms with Crippen LogP contribution in [-0.4, -0.2) is 38.9 Å². The Hall–Kier alpha value is -2.94. The Balaban J connectivity index is 1.75. The first-order valence-electron chi connectivity index (χ1n) is 12.9. The Morgan fingerprint density at radius 3 is 2.57 bits per heavy atom. The molecule has 0 bridgehead atoms. The minimum atomic E-state index is -0.579. The Labute approximate surface area is 206 Å². The summed E-state index contributed by atoms with van der Waals surface area (Å²) in [6.45, 7) is 6.00. The number of carbonyl (C=O) groups is 3. The summed E-state index contributed by atoms with van der Waals surface area (Å²) in [6.07, 6.45) is 7.77. The highest BCUT2D eigenvalue weighted by atomic mass is 16.5. The van der Waals surface area contributed by atoms with Gasteiger partial charge >= 0.3 is 0 Å². The molecule has 1 heterocycles. The highest BCUT2D eigenvalue weighted by Gasteiger charge is 2.27. The molecule has 35 heavy (non-hydrogen) atoms. The van der Waals surface area contributed by atoms with Crippen molar-refractivity contribution in [1.29, 1.82) is 0 Å². The van der Waals surface area contributed by atoms with Gasteiger partial charge < -0.3 is 15.6 Å². The Morgan fingerprint density at radius 2 is 1.91 bits per heavy atom. The fraction of sp³-hybridized carbons (Fsp3) is 0.615. The second-order valence-electron chi connectivity index (χ2n) is 9.97. The van der Waals surface area contributed by atoms with Crippen LogP contribution < -0.4 is 16.1 Å². The van der Waals surface area contributed by atoms with Gasteiger partial charge in [0.15, 0.2) is 0 Å². The lowest BCUT2D eigenvalue weighted by molar-refractivity contribution is -0.135. The van der Waals surface area contributed by atoms with Gasteiger partial charge in [0.2, 0.25) is 11.8 Å². The van der Waals surface area contributed by atoms with Crippen molar-refractivity contribution in [1.82, 2.24) is 26.1 Å². The van der Waals surface area contributed by atoms with Crippen LogP contribution in [0, 0.1) is 11.8 Å². The third-order valence-electron chi connectivity index (χ3n) is 6.80. The first-order chi connectivity index (χ1) is 16.8. The molecule has 0 aliphatic heterocycles. The van der Waals surface area contributed by atoms with Gasteiger partial charge in [-0.15, -0.1) is 0 Å². The lowest BCUT2D eigenvalue weighted by atomic mass is 9.95. The molecule has 0 spiro atoms. The number of fused-ring (bicyclic) bond motifs is 1. The number of hydrogen-bond donors (Lipinski definition) is 5. The minimum Gasteiger partial charge on any atom is -0.349 e. The molecule has 0 saturated heterocycles. The fourth-order valence-corrected chi connectivity index (χ4v) is 4.70. The van der Waals surface area contributed by atoms with Crippen LogP contribution in [0.25, 0.3) is 11.0 Å². The van der Waals surface area contributed by atoms with Gasteiger partial charge in [-0.1, -0.05) is 52.9 Å². The van der Waals surface area contributed by atoms with Gasteiger partial charge in [0.05, 0.1) is 17.1 Å². The van der Waals surface area contributed by atoms with Crippen LogP contribution in [-0.2, 0) is 9.59 Å². The van der Waals surface area contributed by atoms with Crippen LogP contribution in [0.1, 0.15) is 101 Å². The molecule has 0 radical (unpaired) electrons. The molecule has 1 fully saturated rings. The van der Waals surface area contributed by atoms with Gasteiger partial charge in [-0.2, -0.15) is 0 Å². The molecule has 1 saturated carbocycles. The number of H-pyrrole nitrogens is 1. The third kappa shape index (κ3) is 7.27. The number of unbranched alkanes of at least 4 members (excludes halogenated alkanes) is 1. The summed E-state index contributed by atoms with van der Waals surface area (Å²) < 4.78 is 0. The molecule has 1 aromatic heterocycles.